The number of aryl methyl sites for hydroxylation is 1. The van der Waals surface area contributed by atoms with Crippen LogP contribution in [0.3, 0.4) is 0 Å². The fourth-order valence-electron chi connectivity index (χ4n) is 3.43. The lowest BCUT2D eigenvalue weighted by Crippen LogP contribution is -2.40. The van der Waals surface area contributed by atoms with Crippen LogP contribution < -0.4 is 0 Å². The van der Waals surface area contributed by atoms with Crippen LogP contribution in [0.2, 0.25) is 0 Å². The van der Waals surface area contributed by atoms with E-state index in [0.717, 1.165) is 17.0 Å². The van der Waals surface area contributed by atoms with Crippen LogP contribution in [-0.4, -0.2) is 39.9 Å². The van der Waals surface area contributed by atoms with E-state index in [1.54, 1.807) is 4.90 Å². The van der Waals surface area contributed by atoms with Crippen molar-refractivity contribution in [3.05, 3.63) is 17.0 Å². The van der Waals surface area contributed by atoms with Crippen LogP contribution >= 0.6 is 0 Å². The van der Waals surface area contributed by atoms with Gasteiger partial charge >= 0.3 is 6.18 Å². The predicted octanol–water partition coefficient (Wildman–Crippen LogP) is 3.81. The third kappa shape index (κ3) is 4.51. The molecule has 1 fully saturated rings. The van der Waals surface area contributed by atoms with Crippen molar-refractivity contribution >= 4 is 5.91 Å². The number of nitrogens with zero attached hydrogens (tertiary/aromatic N) is 3. The molecule has 0 saturated carbocycles. The van der Waals surface area contributed by atoms with Gasteiger partial charge in [0.05, 0.1) is 12.1 Å². The minimum absolute atomic E-state index is 0.0186. The summed E-state index contributed by atoms with van der Waals surface area (Å²) in [5, 5.41) is 4.48. The van der Waals surface area contributed by atoms with Gasteiger partial charge in [-0.1, -0.05) is 0 Å². The number of aromatic nitrogens is 2. The highest BCUT2D eigenvalue weighted by Gasteiger charge is 2.34. The van der Waals surface area contributed by atoms with Gasteiger partial charge in [-0.25, -0.2) is 0 Å². The Morgan fingerprint density at radius 1 is 1.25 bits per heavy atom. The molecule has 0 unspecified atom stereocenters. The molecule has 1 aliphatic rings. The number of carbonyl (C=O) groups is 1. The van der Waals surface area contributed by atoms with Crippen LogP contribution in [0.25, 0.3) is 0 Å². The second-order valence-corrected chi connectivity index (χ2v) is 7.01. The molecule has 0 atom stereocenters. The number of hydrogen-bond donors (Lipinski definition) is 0. The number of carbonyl (C=O) groups excluding carboxylic acids is 1. The summed E-state index contributed by atoms with van der Waals surface area (Å²) in [5.74, 6) is -0.379. The summed E-state index contributed by atoms with van der Waals surface area (Å²) in [7, 11) is 0. The van der Waals surface area contributed by atoms with E-state index in [1.807, 2.05) is 32.4 Å². The monoisotopic (exact) mass is 345 g/mol. The van der Waals surface area contributed by atoms with Crippen LogP contribution in [-0.2, 0) is 11.2 Å². The lowest BCUT2D eigenvalue weighted by molar-refractivity contribution is -0.149. The van der Waals surface area contributed by atoms with Crippen LogP contribution in [0, 0.1) is 19.8 Å². The molecule has 1 saturated heterocycles. The molecule has 1 aromatic rings. The molecular formula is C17H26F3N3O. The SMILES string of the molecule is Cc1nn(C(C)C)c(C)c1CC(=O)N1CCC(CC(F)(F)F)CC1. The molecule has 1 amide bonds. The van der Waals surface area contributed by atoms with Crippen molar-refractivity contribution in [1.29, 1.82) is 0 Å². The molecule has 0 N–H and O–H groups in total. The van der Waals surface area contributed by atoms with Gasteiger partial charge < -0.3 is 4.90 Å². The van der Waals surface area contributed by atoms with Gasteiger partial charge in [0.1, 0.15) is 0 Å². The van der Waals surface area contributed by atoms with E-state index in [-0.39, 0.29) is 24.3 Å². The van der Waals surface area contributed by atoms with Crippen molar-refractivity contribution in [3.63, 3.8) is 0 Å². The standard InChI is InChI=1S/C17H26F3N3O/c1-11(2)23-13(4)15(12(3)21-23)9-16(24)22-7-5-14(6-8-22)10-17(18,19)20/h11,14H,5-10H2,1-4H3. The topological polar surface area (TPSA) is 38.1 Å². The van der Waals surface area contributed by atoms with E-state index in [4.69, 9.17) is 0 Å². The molecule has 0 spiro atoms. The molecule has 2 heterocycles. The van der Waals surface area contributed by atoms with E-state index in [1.165, 1.54) is 0 Å². The smallest absolute Gasteiger partial charge is 0.342 e. The van der Waals surface area contributed by atoms with Crippen LogP contribution in [0.4, 0.5) is 13.2 Å². The molecule has 7 heteroatoms. The van der Waals surface area contributed by atoms with Crippen LogP contribution in [0.1, 0.15) is 56.1 Å². The third-order valence-corrected chi connectivity index (χ3v) is 4.78. The number of amides is 1. The minimum Gasteiger partial charge on any atom is -0.342 e. The molecule has 136 valence electrons. The summed E-state index contributed by atoms with van der Waals surface area (Å²) in [6.45, 7) is 8.75. The summed E-state index contributed by atoms with van der Waals surface area (Å²) in [6.07, 6.45) is -3.73. The molecule has 0 radical (unpaired) electrons. The average molecular weight is 345 g/mol. The summed E-state index contributed by atoms with van der Waals surface area (Å²) in [5.41, 5.74) is 2.77. The Kier molecular flexibility index (Phi) is 5.60. The highest BCUT2D eigenvalue weighted by Crippen LogP contribution is 2.31. The Morgan fingerprint density at radius 2 is 1.83 bits per heavy atom. The fourth-order valence-corrected chi connectivity index (χ4v) is 3.43. The van der Waals surface area contributed by atoms with Crippen molar-refractivity contribution in [3.8, 4) is 0 Å². The Bertz CT molecular complexity index is 585. The van der Waals surface area contributed by atoms with E-state index in [9.17, 15) is 18.0 Å². The molecule has 1 aliphatic heterocycles. The number of likely N-dealkylation sites (tertiary alicyclic amines) is 1. The zero-order valence-corrected chi connectivity index (χ0v) is 14.8. The van der Waals surface area contributed by atoms with Gasteiger partial charge in [-0.3, -0.25) is 9.48 Å². The van der Waals surface area contributed by atoms with Gasteiger partial charge in [-0.05, 0) is 46.5 Å². The van der Waals surface area contributed by atoms with E-state index >= 15 is 0 Å². The second-order valence-electron chi connectivity index (χ2n) is 7.01. The molecule has 24 heavy (non-hydrogen) atoms. The molecule has 1 aromatic heterocycles. The van der Waals surface area contributed by atoms with Gasteiger partial charge in [0.15, 0.2) is 0 Å². The Balaban J connectivity index is 1.95. The lowest BCUT2D eigenvalue weighted by atomic mass is 9.93. The largest absolute Gasteiger partial charge is 0.389 e. The lowest BCUT2D eigenvalue weighted by Gasteiger charge is -2.32. The maximum atomic E-state index is 12.5. The Morgan fingerprint density at radius 3 is 2.29 bits per heavy atom. The second kappa shape index (κ2) is 7.15. The zero-order valence-electron chi connectivity index (χ0n) is 14.8. The minimum atomic E-state index is -4.11. The van der Waals surface area contributed by atoms with Crippen molar-refractivity contribution in [2.45, 2.75) is 65.6 Å². The van der Waals surface area contributed by atoms with Gasteiger partial charge in [-0.15, -0.1) is 0 Å². The van der Waals surface area contributed by atoms with E-state index in [0.29, 0.717) is 25.9 Å². The van der Waals surface area contributed by atoms with Gasteiger partial charge in [0, 0.05) is 36.8 Å². The fraction of sp³-hybridized carbons (Fsp3) is 0.765. The third-order valence-electron chi connectivity index (χ3n) is 4.78. The van der Waals surface area contributed by atoms with E-state index in [2.05, 4.69) is 5.10 Å². The van der Waals surface area contributed by atoms with Crippen molar-refractivity contribution in [2.75, 3.05) is 13.1 Å². The number of alkyl halides is 3. The molecular weight excluding hydrogens is 319 g/mol. The quantitative estimate of drug-likeness (QED) is 0.832. The van der Waals surface area contributed by atoms with Crippen LogP contribution in [0.15, 0.2) is 0 Å². The molecule has 2 rings (SSSR count). The summed E-state index contributed by atoms with van der Waals surface area (Å²) >= 11 is 0. The number of rotatable bonds is 4. The van der Waals surface area contributed by atoms with Gasteiger partial charge in [0.2, 0.25) is 5.91 Å². The predicted molar refractivity (Wildman–Crippen MR) is 85.8 cm³/mol. The summed E-state index contributed by atoms with van der Waals surface area (Å²) in [6, 6.07) is 0.227. The first-order valence-corrected chi connectivity index (χ1v) is 8.47. The van der Waals surface area contributed by atoms with Crippen molar-refractivity contribution < 1.29 is 18.0 Å². The maximum Gasteiger partial charge on any atom is 0.389 e. The normalized spacial score (nSPS) is 16.9. The highest BCUT2D eigenvalue weighted by molar-refractivity contribution is 5.79. The molecule has 0 aliphatic carbocycles. The van der Waals surface area contributed by atoms with E-state index < -0.39 is 12.6 Å². The first-order valence-electron chi connectivity index (χ1n) is 8.47. The number of hydrogen-bond acceptors (Lipinski definition) is 2. The van der Waals surface area contributed by atoms with Crippen molar-refractivity contribution in [2.24, 2.45) is 5.92 Å². The molecule has 0 aromatic carbocycles. The first kappa shape index (κ1) is 18.8. The Hall–Kier alpha value is -1.53. The van der Waals surface area contributed by atoms with Gasteiger partial charge in [-0.2, -0.15) is 18.3 Å². The highest BCUT2D eigenvalue weighted by atomic mass is 19.4. The van der Waals surface area contributed by atoms with Crippen LogP contribution in [0.5, 0.6) is 0 Å². The average Bonchev–Trinajstić information content (AvgIpc) is 2.74. The Labute approximate surface area is 141 Å². The zero-order chi connectivity index (χ0) is 18.1. The number of halogens is 3. The summed E-state index contributed by atoms with van der Waals surface area (Å²) < 4.78 is 39.3. The molecule has 4 nitrogen and oxygen atoms in total. The maximum absolute atomic E-state index is 12.5. The molecule has 0 bridgehead atoms. The first-order chi connectivity index (χ1) is 11.1. The van der Waals surface area contributed by atoms with Gasteiger partial charge in [0.25, 0.3) is 0 Å². The number of piperidine rings is 1. The summed E-state index contributed by atoms with van der Waals surface area (Å²) in [4.78, 5) is 14.2. The van der Waals surface area contributed by atoms with Crippen molar-refractivity contribution in [1.82, 2.24) is 14.7 Å².